The number of rotatable bonds is 7. The van der Waals surface area contributed by atoms with Crippen molar-refractivity contribution in [2.24, 2.45) is 5.92 Å². The Morgan fingerprint density at radius 3 is 2.74 bits per heavy atom. The molecule has 0 bridgehead atoms. The van der Waals surface area contributed by atoms with Gasteiger partial charge in [-0.05, 0) is 37.7 Å². The Balaban J connectivity index is 2.50. The highest BCUT2D eigenvalue weighted by atomic mass is 19.1. The van der Waals surface area contributed by atoms with Gasteiger partial charge in [0.15, 0.2) is 11.6 Å². The summed E-state index contributed by atoms with van der Waals surface area (Å²) in [6.45, 7) is 2.91. The van der Waals surface area contributed by atoms with Crippen LogP contribution >= 0.6 is 0 Å². The number of aliphatic carboxylic acids is 1. The normalized spacial score (nSPS) is 12.5. The molecule has 1 aromatic rings. The fourth-order valence-electron chi connectivity index (χ4n) is 1.74. The Bertz CT molecular complexity index is 437. The first-order chi connectivity index (χ1) is 8.93. The summed E-state index contributed by atoms with van der Waals surface area (Å²) in [5.74, 6) is -1.31. The lowest BCUT2D eigenvalue weighted by atomic mass is 10.1. The number of benzene rings is 1. The summed E-state index contributed by atoms with van der Waals surface area (Å²) in [7, 11) is 3.31. The Morgan fingerprint density at radius 2 is 2.21 bits per heavy atom. The van der Waals surface area contributed by atoms with Crippen molar-refractivity contribution in [1.29, 1.82) is 0 Å². The quantitative estimate of drug-likeness (QED) is 0.825. The molecule has 0 aromatic heterocycles. The average molecular weight is 269 g/mol. The first-order valence-corrected chi connectivity index (χ1v) is 6.17. The van der Waals surface area contributed by atoms with E-state index in [-0.39, 0.29) is 17.5 Å². The zero-order valence-electron chi connectivity index (χ0n) is 11.5. The summed E-state index contributed by atoms with van der Waals surface area (Å²) in [5.41, 5.74) is 0.837. The Kier molecular flexibility index (Phi) is 5.76. The predicted octanol–water partition coefficient (Wildman–Crippen LogP) is 2.38. The molecule has 0 heterocycles. The highest BCUT2D eigenvalue weighted by molar-refractivity contribution is 5.69. The molecule has 0 aliphatic carbocycles. The molecule has 106 valence electrons. The lowest BCUT2D eigenvalue weighted by Crippen LogP contribution is -2.23. The van der Waals surface area contributed by atoms with Gasteiger partial charge in [-0.25, -0.2) is 4.39 Å². The number of carboxylic acids is 1. The van der Waals surface area contributed by atoms with E-state index in [1.807, 2.05) is 11.9 Å². The third-order valence-corrected chi connectivity index (χ3v) is 3.03. The van der Waals surface area contributed by atoms with Gasteiger partial charge in [-0.1, -0.05) is 13.0 Å². The minimum Gasteiger partial charge on any atom is -0.494 e. The van der Waals surface area contributed by atoms with Crippen LogP contribution in [-0.4, -0.2) is 36.7 Å². The van der Waals surface area contributed by atoms with E-state index < -0.39 is 5.97 Å². The molecule has 0 aliphatic rings. The summed E-state index contributed by atoms with van der Waals surface area (Å²) in [4.78, 5) is 12.7. The van der Waals surface area contributed by atoms with E-state index in [0.29, 0.717) is 19.5 Å². The number of nitrogens with zero attached hydrogens (tertiary/aromatic N) is 1. The van der Waals surface area contributed by atoms with Crippen LogP contribution < -0.4 is 4.74 Å². The number of hydrogen-bond donors (Lipinski definition) is 1. The Labute approximate surface area is 112 Å². The third kappa shape index (κ3) is 4.87. The molecule has 0 fully saturated rings. The van der Waals surface area contributed by atoms with Gasteiger partial charge < -0.3 is 14.7 Å². The standard InChI is InChI=1S/C14H20FNO3/c1-10(14(17)18)6-7-16(2)9-11-4-5-13(19-3)12(15)8-11/h4-5,8,10H,6-7,9H2,1-3H3,(H,17,18). The number of carboxylic acid groups (broad SMARTS) is 1. The van der Waals surface area contributed by atoms with Crippen LogP contribution in [0.1, 0.15) is 18.9 Å². The molecule has 5 heteroatoms. The highest BCUT2D eigenvalue weighted by Gasteiger charge is 2.12. The molecule has 1 aromatic carbocycles. The van der Waals surface area contributed by atoms with Gasteiger partial charge in [0.1, 0.15) is 0 Å². The van der Waals surface area contributed by atoms with Crippen LogP contribution in [0.2, 0.25) is 0 Å². The Hall–Kier alpha value is -1.62. The van der Waals surface area contributed by atoms with Gasteiger partial charge in [0.25, 0.3) is 0 Å². The summed E-state index contributed by atoms with van der Waals surface area (Å²) in [6.07, 6.45) is 0.574. The van der Waals surface area contributed by atoms with Gasteiger partial charge in [0.2, 0.25) is 0 Å². The molecule has 1 unspecified atom stereocenters. The number of methoxy groups -OCH3 is 1. The lowest BCUT2D eigenvalue weighted by Gasteiger charge is -2.18. The molecule has 1 N–H and O–H groups in total. The maximum Gasteiger partial charge on any atom is 0.306 e. The van der Waals surface area contributed by atoms with E-state index in [0.717, 1.165) is 5.56 Å². The largest absolute Gasteiger partial charge is 0.494 e. The number of hydrogen-bond acceptors (Lipinski definition) is 3. The minimum atomic E-state index is -0.788. The van der Waals surface area contributed by atoms with Crippen molar-refractivity contribution in [2.45, 2.75) is 19.9 Å². The molecule has 0 saturated heterocycles. The predicted molar refractivity (Wildman–Crippen MR) is 70.7 cm³/mol. The zero-order valence-corrected chi connectivity index (χ0v) is 11.5. The SMILES string of the molecule is COc1ccc(CN(C)CCC(C)C(=O)O)cc1F. The molecule has 4 nitrogen and oxygen atoms in total. The summed E-state index contributed by atoms with van der Waals surface area (Å²) >= 11 is 0. The highest BCUT2D eigenvalue weighted by Crippen LogP contribution is 2.18. The van der Waals surface area contributed by atoms with Crippen LogP contribution in [0, 0.1) is 11.7 Å². The van der Waals surface area contributed by atoms with Crippen LogP contribution in [-0.2, 0) is 11.3 Å². The molecule has 0 saturated carbocycles. The van der Waals surface area contributed by atoms with Gasteiger partial charge in [-0.2, -0.15) is 0 Å². The molecule has 0 spiro atoms. The van der Waals surface area contributed by atoms with E-state index in [4.69, 9.17) is 9.84 Å². The first kappa shape index (κ1) is 15.4. The summed E-state index contributed by atoms with van der Waals surface area (Å²) in [5, 5.41) is 8.80. The molecule has 0 amide bonds. The molecule has 0 aliphatic heterocycles. The molecule has 0 radical (unpaired) electrons. The maximum atomic E-state index is 13.5. The summed E-state index contributed by atoms with van der Waals surface area (Å²) < 4.78 is 18.4. The molecule has 1 atom stereocenters. The smallest absolute Gasteiger partial charge is 0.306 e. The Morgan fingerprint density at radius 1 is 1.53 bits per heavy atom. The minimum absolute atomic E-state index is 0.228. The van der Waals surface area contributed by atoms with Gasteiger partial charge in [0, 0.05) is 6.54 Å². The second-order valence-electron chi connectivity index (χ2n) is 4.73. The van der Waals surface area contributed by atoms with Crippen molar-refractivity contribution in [1.82, 2.24) is 4.90 Å². The molecular weight excluding hydrogens is 249 g/mol. The molecule has 1 rings (SSSR count). The second-order valence-corrected chi connectivity index (χ2v) is 4.73. The number of ether oxygens (including phenoxy) is 1. The van der Waals surface area contributed by atoms with Crippen molar-refractivity contribution in [3.05, 3.63) is 29.6 Å². The molecular formula is C14H20FNO3. The fraction of sp³-hybridized carbons (Fsp3) is 0.500. The van der Waals surface area contributed by atoms with Crippen LogP contribution in [0.3, 0.4) is 0 Å². The van der Waals surface area contributed by atoms with Crippen molar-refractivity contribution in [2.75, 3.05) is 20.7 Å². The van der Waals surface area contributed by atoms with Crippen molar-refractivity contribution in [3.63, 3.8) is 0 Å². The maximum absolute atomic E-state index is 13.5. The van der Waals surface area contributed by atoms with Crippen molar-refractivity contribution in [3.8, 4) is 5.75 Å². The van der Waals surface area contributed by atoms with Crippen LogP contribution in [0.4, 0.5) is 4.39 Å². The van der Waals surface area contributed by atoms with Crippen LogP contribution in [0.15, 0.2) is 18.2 Å². The van der Waals surface area contributed by atoms with Gasteiger partial charge in [0.05, 0.1) is 13.0 Å². The fourth-order valence-corrected chi connectivity index (χ4v) is 1.74. The van der Waals surface area contributed by atoms with E-state index >= 15 is 0 Å². The van der Waals surface area contributed by atoms with Crippen LogP contribution in [0.5, 0.6) is 5.75 Å². The number of halogens is 1. The average Bonchev–Trinajstić information content (AvgIpc) is 2.36. The van der Waals surface area contributed by atoms with Crippen LogP contribution in [0.25, 0.3) is 0 Å². The van der Waals surface area contributed by atoms with Gasteiger partial charge >= 0.3 is 5.97 Å². The monoisotopic (exact) mass is 269 g/mol. The number of carbonyl (C=O) groups is 1. The third-order valence-electron chi connectivity index (χ3n) is 3.03. The van der Waals surface area contributed by atoms with E-state index in [1.54, 1.807) is 19.1 Å². The summed E-state index contributed by atoms with van der Waals surface area (Å²) in [6, 6.07) is 4.84. The topological polar surface area (TPSA) is 49.8 Å². The van der Waals surface area contributed by atoms with E-state index in [2.05, 4.69) is 0 Å². The van der Waals surface area contributed by atoms with Gasteiger partial charge in [-0.15, -0.1) is 0 Å². The lowest BCUT2D eigenvalue weighted by molar-refractivity contribution is -0.141. The zero-order chi connectivity index (χ0) is 14.4. The second kappa shape index (κ2) is 7.09. The van der Waals surface area contributed by atoms with E-state index in [9.17, 15) is 9.18 Å². The van der Waals surface area contributed by atoms with Gasteiger partial charge in [-0.3, -0.25) is 4.79 Å². The van der Waals surface area contributed by atoms with Crippen molar-refractivity contribution >= 4 is 5.97 Å². The first-order valence-electron chi connectivity index (χ1n) is 6.17. The van der Waals surface area contributed by atoms with E-state index in [1.165, 1.54) is 13.2 Å². The van der Waals surface area contributed by atoms with Crippen molar-refractivity contribution < 1.29 is 19.0 Å². The molecule has 19 heavy (non-hydrogen) atoms.